The van der Waals surface area contributed by atoms with E-state index in [1.807, 2.05) is 0 Å². The van der Waals surface area contributed by atoms with Crippen molar-refractivity contribution >= 4 is 41.2 Å². The van der Waals surface area contributed by atoms with E-state index >= 15 is 0 Å². The topological polar surface area (TPSA) is 76.2 Å². The lowest BCUT2D eigenvalue weighted by molar-refractivity contribution is -0.139. The molecular formula is C23H38N2O5S2. The van der Waals surface area contributed by atoms with Gasteiger partial charge in [0.25, 0.3) is 0 Å². The lowest BCUT2D eigenvalue weighted by atomic mass is 10.3. The minimum atomic E-state index is -0.250. The molecule has 0 radical (unpaired) electrons. The quantitative estimate of drug-likeness (QED) is 0.260. The highest BCUT2D eigenvalue weighted by Gasteiger charge is 2.38. The van der Waals surface area contributed by atoms with E-state index in [1.165, 1.54) is 4.90 Å². The first-order valence-electron chi connectivity index (χ1n) is 11.4. The molecule has 0 aromatic heterocycles. The smallest absolute Gasteiger partial charge is 0.242 e. The first-order valence-corrected chi connectivity index (χ1v) is 13.5. The van der Waals surface area contributed by atoms with Crippen LogP contribution in [0, 0.1) is 11.8 Å². The first kappa shape index (κ1) is 27.2. The van der Waals surface area contributed by atoms with E-state index in [-0.39, 0.29) is 41.2 Å². The van der Waals surface area contributed by atoms with Gasteiger partial charge < -0.3 is 14.4 Å². The molecule has 2 fully saturated rings. The summed E-state index contributed by atoms with van der Waals surface area (Å²) in [5.74, 6) is 2.82. The number of nitrogens with zero attached hydrogens (tertiary/aromatic N) is 2. The fraction of sp³-hybridized carbons (Fsp3) is 0.783. The van der Waals surface area contributed by atoms with Crippen molar-refractivity contribution in [2.24, 2.45) is 11.8 Å². The van der Waals surface area contributed by atoms with Gasteiger partial charge in [-0.05, 0) is 23.3 Å². The molecule has 0 aromatic rings. The lowest BCUT2D eigenvalue weighted by Gasteiger charge is -2.18. The summed E-state index contributed by atoms with van der Waals surface area (Å²) in [6.07, 6.45) is 1.00. The van der Waals surface area contributed by atoms with Crippen LogP contribution in [0.1, 0.15) is 40.5 Å². The second-order valence-electron chi connectivity index (χ2n) is 9.00. The molecule has 2 rings (SSSR count). The van der Waals surface area contributed by atoms with Gasteiger partial charge in [-0.2, -0.15) is 0 Å². The summed E-state index contributed by atoms with van der Waals surface area (Å²) in [6, 6.07) is 0. The van der Waals surface area contributed by atoms with Gasteiger partial charge in [-0.3, -0.25) is 19.3 Å². The molecule has 0 spiro atoms. The van der Waals surface area contributed by atoms with Crippen LogP contribution < -0.4 is 0 Å². The van der Waals surface area contributed by atoms with Gasteiger partial charge >= 0.3 is 0 Å². The number of hydrogen-bond acceptors (Lipinski definition) is 7. The van der Waals surface area contributed by atoms with E-state index in [0.717, 1.165) is 17.2 Å². The standard InChI is InChI=1S/C23H38N2O5S2/c1-16(2)14-31-19-12-18(5)24(22(19)27)6-8-29-10-11-30-9-7-25-21(26)13-20(23(25)28)32-15-17(3)4/h16-17,19-20H,5-15H2,1-4H3. The lowest BCUT2D eigenvalue weighted by Crippen LogP contribution is -2.34. The number of likely N-dealkylation sites (tertiary alicyclic amines) is 2. The maximum atomic E-state index is 12.5. The number of amides is 3. The maximum Gasteiger partial charge on any atom is 0.242 e. The zero-order chi connectivity index (χ0) is 23.7. The average molecular weight is 487 g/mol. The molecule has 0 bridgehead atoms. The molecule has 2 aliphatic heterocycles. The fourth-order valence-electron chi connectivity index (χ4n) is 3.41. The second-order valence-corrected chi connectivity index (χ2v) is 11.5. The predicted octanol–water partition coefficient (Wildman–Crippen LogP) is 3.04. The minimum absolute atomic E-state index is 0.0207. The van der Waals surface area contributed by atoms with Crippen LogP contribution >= 0.6 is 23.5 Å². The van der Waals surface area contributed by atoms with Gasteiger partial charge in [0, 0.05) is 25.1 Å². The Kier molecular flexibility index (Phi) is 11.6. The van der Waals surface area contributed by atoms with Crippen molar-refractivity contribution in [1.29, 1.82) is 0 Å². The third-order valence-corrected chi connectivity index (χ3v) is 8.36. The van der Waals surface area contributed by atoms with E-state index in [9.17, 15) is 14.4 Å². The highest BCUT2D eigenvalue weighted by atomic mass is 32.2. The van der Waals surface area contributed by atoms with Crippen LogP contribution in [0.25, 0.3) is 0 Å². The van der Waals surface area contributed by atoms with Gasteiger partial charge in [0.15, 0.2) is 0 Å². The normalized spacial score (nSPS) is 21.8. The monoisotopic (exact) mass is 486 g/mol. The van der Waals surface area contributed by atoms with Crippen molar-refractivity contribution in [1.82, 2.24) is 9.80 Å². The number of thioether (sulfide) groups is 2. The Morgan fingerprint density at radius 1 is 0.812 bits per heavy atom. The molecule has 0 saturated carbocycles. The van der Waals surface area contributed by atoms with Crippen LogP contribution in [-0.4, -0.2) is 89.0 Å². The van der Waals surface area contributed by atoms with Crippen molar-refractivity contribution in [2.45, 2.75) is 51.0 Å². The van der Waals surface area contributed by atoms with Gasteiger partial charge in [0.1, 0.15) is 0 Å². The summed E-state index contributed by atoms with van der Waals surface area (Å²) >= 11 is 3.28. The summed E-state index contributed by atoms with van der Waals surface area (Å²) in [4.78, 5) is 40.0. The maximum absolute atomic E-state index is 12.5. The van der Waals surface area contributed by atoms with Crippen molar-refractivity contribution in [3.05, 3.63) is 12.3 Å². The molecule has 0 aromatic carbocycles. The molecule has 0 aliphatic carbocycles. The molecule has 3 amide bonds. The summed E-state index contributed by atoms with van der Waals surface area (Å²) < 4.78 is 11.1. The Morgan fingerprint density at radius 2 is 1.28 bits per heavy atom. The van der Waals surface area contributed by atoms with Crippen LogP contribution in [0.15, 0.2) is 12.3 Å². The number of rotatable bonds is 15. The van der Waals surface area contributed by atoms with Crippen molar-refractivity contribution in [3.63, 3.8) is 0 Å². The Balaban J connectivity index is 1.55. The highest BCUT2D eigenvalue weighted by molar-refractivity contribution is 8.00. The Labute approximate surface area is 201 Å². The zero-order valence-corrected chi connectivity index (χ0v) is 21.5. The van der Waals surface area contributed by atoms with Gasteiger partial charge in [-0.15, -0.1) is 23.5 Å². The van der Waals surface area contributed by atoms with E-state index < -0.39 is 0 Å². The van der Waals surface area contributed by atoms with Crippen LogP contribution in [0.2, 0.25) is 0 Å². The molecule has 32 heavy (non-hydrogen) atoms. The Hall–Kier alpha value is -1.03. The highest BCUT2D eigenvalue weighted by Crippen LogP contribution is 2.31. The van der Waals surface area contributed by atoms with Crippen molar-refractivity contribution < 1.29 is 23.9 Å². The number of carbonyl (C=O) groups is 3. The minimum Gasteiger partial charge on any atom is -0.377 e. The number of carbonyl (C=O) groups excluding carboxylic acids is 3. The first-order chi connectivity index (χ1) is 15.2. The third-order valence-electron chi connectivity index (χ3n) is 5.10. The summed E-state index contributed by atoms with van der Waals surface area (Å²) in [5.41, 5.74) is 0.862. The number of ether oxygens (including phenoxy) is 2. The fourth-order valence-corrected chi connectivity index (χ4v) is 5.75. The Bertz CT molecular complexity index is 615. The van der Waals surface area contributed by atoms with Gasteiger partial charge in [-0.25, -0.2) is 0 Å². The number of hydrogen-bond donors (Lipinski definition) is 0. The zero-order valence-electron chi connectivity index (χ0n) is 19.8. The van der Waals surface area contributed by atoms with E-state index in [4.69, 9.17) is 9.47 Å². The van der Waals surface area contributed by atoms with Crippen LogP contribution in [0.5, 0.6) is 0 Å². The van der Waals surface area contributed by atoms with E-state index in [2.05, 4.69) is 34.3 Å². The molecule has 2 saturated heterocycles. The Morgan fingerprint density at radius 3 is 1.81 bits per heavy atom. The molecule has 0 N–H and O–H groups in total. The van der Waals surface area contributed by atoms with Crippen LogP contribution in [0.3, 0.4) is 0 Å². The summed E-state index contributed by atoms with van der Waals surface area (Å²) in [7, 11) is 0. The van der Waals surface area contributed by atoms with Crippen molar-refractivity contribution in [3.8, 4) is 0 Å². The number of allylic oxidation sites excluding steroid dienone is 1. The van der Waals surface area contributed by atoms with E-state index in [0.29, 0.717) is 51.2 Å². The largest absolute Gasteiger partial charge is 0.377 e. The average Bonchev–Trinajstić information content (AvgIpc) is 3.15. The van der Waals surface area contributed by atoms with E-state index in [1.54, 1.807) is 28.4 Å². The molecule has 182 valence electrons. The third kappa shape index (κ3) is 8.39. The molecule has 9 heteroatoms. The number of imide groups is 1. The molecule has 7 nitrogen and oxygen atoms in total. The predicted molar refractivity (Wildman–Crippen MR) is 131 cm³/mol. The molecule has 2 unspecified atom stereocenters. The summed E-state index contributed by atoms with van der Waals surface area (Å²) in [5, 5.41) is -0.271. The van der Waals surface area contributed by atoms with Crippen molar-refractivity contribution in [2.75, 3.05) is 51.0 Å². The molecule has 2 heterocycles. The van der Waals surface area contributed by atoms with Crippen LogP contribution in [-0.2, 0) is 23.9 Å². The summed E-state index contributed by atoms with van der Waals surface area (Å²) in [6.45, 7) is 14.8. The van der Waals surface area contributed by atoms with Crippen LogP contribution in [0.4, 0.5) is 0 Å². The SMILES string of the molecule is C=C1CC(SCC(C)C)C(=O)N1CCOCCOCCN1C(=O)CC(SCC(C)C)C1=O. The van der Waals surface area contributed by atoms with Gasteiger partial charge in [-0.1, -0.05) is 34.3 Å². The van der Waals surface area contributed by atoms with Gasteiger partial charge in [0.05, 0.1) is 43.5 Å². The molecular weight excluding hydrogens is 448 g/mol. The molecule has 2 atom stereocenters. The molecule has 2 aliphatic rings. The second kappa shape index (κ2) is 13.6. The van der Waals surface area contributed by atoms with Gasteiger partial charge in [0.2, 0.25) is 17.7 Å².